The van der Waals surface area contributed by atoms with Crippen LogP contribution in [0.15, 0.2) is 30.6 Å². The van der Waals surface area contributed by atoms with Gasteiger partial charge in [0.1, 0.15) is 17.9 Å². The van der Waals surface area contributed by atoms with Crippen LogP contribution in [-0.4, -0.2) is 53.9 Å². The van der Waals surface area contributed by atoms with Crippen LogP contribution in [0.3, 0.4) is 0 Å². The number of hydrogen-bond donors (Lipinski definition) is 2. The average molecular weight is 452 g/mol. The summed E-state index contributed by atoms with van der Waals surface area (Å²) in [6.45, 7) is 0.193. The Balaban J connectivity index is 1.62. The molecule has 11 nitrogen and oxygen atoms in total. The highest BCUT2D eigenvalue weighted by Crippen LogP contribution is 2.43. The van der Waals surface area contributed by atoms with Crippen molar-refractivity contribution in [1.82, 2.24) is 24.4 Å². The third-order valence-electron chi connectivity index (χ3n) is 6.01. The van der Waals surface area contributed by atoms with Gasteiger partial charge in [-0.25, -0.2) is 9.18 Å². The van der Waals surface area contributed by atoms with Crippen molar-refractivity contribution in [3.8, 4) is 28.6 Å². The van der Waals surface area contributed by atoms with E-state index in [9.17, 15) is 19.4 Å². The maximum absolute atomic E-state index is 14.9. The molecule has 0 bridgehead atoms. The van der Waals surface area contributed by atoms with Gasteiger partial charge >= 0.3 is 6.09 Å². The Kier molecular flexibility index (Phi) is 4.00. The molecule has 2 aliphatic heterocycles. The summed E-state index contributed by atoms with van der Waals surface area (Å²) < 4.78 is 29.7. The number of hydrogen-bond acceptors (Lipinski definition) is 7. The lowest BCUT2D eigenvalue weighted by Crippen LogP contribution is -2.31. The fourth-order valence-electron chi connectivity index (χ4n) is 4.55. The number of benzene rings is 1. The molecular weight excluding hydrogens is 435 g/mol. The molecule has 1 amide bonds. The van der Waals surface area contributed by atoms with Crippen LogP contribution in [0, 0.1) is 5.82 Å². The second-order valence-corrected chi connectivity index (χ2v) is 7.91. The highest BCUT2D eigenvalue weighted by atomic mass is 19.1. The maximum atomic E-state index is 14.9. The lowest BCUT2D eigenvalue weighted by Gasteiger charge is -2.23. The third kappa shape index (κ3) is 2.80. The van der Waals surface area contributed by atoms with E-state index >= 15 is 0 Å². The van der Waals surface area contributed by atoms with Gasteiger partial charge in [-0.1, -0.05) is 0 Å². The van der Waals surface area contributed by atoms with Crippen molar-refractivity contribution in [1.29, 1.82) is 0 Å². The molecule has 0 spiro atoms. The van der Waals surface area contributed by atoms with Gasteiger partial charge in [0.2, 0.25) is 5.88 Å². The number of fused-ring (bicyclic) bond motifs is 3. The molecule has 0 fully saturated rings. The van der Waals surface area contributed by atoms with Crippen LogP contribution in [0.2, 0.25) is 0 Å². The van der Waals surface area contributed by atoms with Crippen LogP contribution in [0.1, 0.15) is 17.0 Å². The number of carboxylic acid groups (broad SMARTS) is 1. The number of anilines is 1. The summed E-state index contributed by atoms with van der Waals surface area (Å²) in [5.74, 6) is -0.0493. The average Bonchev–Trinajstić information content (AvgIpc) is 3.49. The molecule has 3 aromatic heterocycles. The molecule has 5 heterocycles. The number of ether oxygens (including phenoxy) is 2. The lowest BCUT2D eigenvalue weighted by molar-refractivity contribution is 0.200. The second-order valence-electron chi connectivity index (χ2n) is 7.91. The number of rotatable bonds is 1. The number of amides is 1. The number of carbonyl (C=O) groups is 1. The van der Waals surface area contributed by atoms with Crippen LogP contribution < -0.4 is 14.4 Å². The number of nitrogens with zero attached hydrogens (tertiary/aromatic N) is 6. The minimum atomic E-state index is -1.30. The molecule has 2 aliphatic rings. The third-order valence-corrected chi connectivity index (χ3v) is 6.01. The fourth-order valence-corrected chi connectivity index (χ4v) is 4.55. The van der Waals surface area contributed by atoms with Crippen molar-refractivity contribution in [2.75, 3.05) is 18.1 Å². The number of pyridine rings is 1. The van der Waals surface area contributed by atoms with Crippen LogP contribution in [0.25, 0.3) is 16.9 Å². The standard InChI is InChI=1S/C21H17FN6O5/c1-26-14(5-17(29)25-26)11-4-16-20(28-9-23-24-19(11)28)27(21(30)31)6-12-13(22)2-3-15-18(12)10(7-32-15)8-33-16/h2-5,9-10H,6-8H2,1H3,(H,25,29)(H,30,31)/t10-/m0/s1. The predicted octanol–water partition coefficient (Wildman–Crippen LogP) is 2.53. The molecule has 168 valence electrons. The maximum Gasteiger partial charge on any atom is 0.413 e. The van der Waals surface area contributed by atoms with Crippen molar-refractivity contribution in [2.24, 2.45) is 7.05 Å². The molecule has 2 N–H and O–H groups in total. The van der Waals surface area contributed by atoms with Crippen molar-refractivity contribution in [3.63, 3.8) is 0 Å². The van der Waals surface area contributed by atoms with E-state index in [0.717, 1.165) is 4.90 Å². The Morgan fingerprint density at radius 2 is 2.00 bits per heavy atom. The molecule has 0 saturated heterocycles. The normalized spacial score (nSPS) is 16.9. The topological polar surface area (TPSA) is 127 Å². The van der Waals surface area contributed by atoms with Crippen LogP contribution >= 0.6 is 0 Å². The molecule has 0 unspecified atom stereocenters. The van der Waals surface area contributed by atoms with Crippen molar-refractivity contribution < 1.29 is 28.9 Å². The smallest absolute Gasteiger partial charge is 0.413 e. The van der Waals surface area contributed by atoms with Gasteiger partial charge in [-0.2, -0.15) is 0 Å². The summed E-state index contributed by atoms with van der Waals surface area (Å²) in [6.07, 6.45) is 0.0701. The van der Waals surface area contributed by atoms with Crippen molar-refractivity contribution in [2.45, 2.75) is 12.5 Å². The molecule has 33 heavy (non-hydrogen) atoms. The van der Waals surface area contributed by atoms with E-state index in [1.165, 1.54) is 27.5 Å². The molecule has 12 heteroatoms. The zero-order valence-electron chi connectivity index (χ0n) is 17.3. The molecule has 0 radical (unpaired) electrons. The molecule has 0 saturated carbocycles. The second kappa shape index (κ2) is 6.82. The van der Waals surface area contributed by atoms with E-state index in [4.69, 9.17) is 9.47 Å². The largest absolute Gasteiger partial charge is 0.493 e. The predicted molar refractivity (Wildman–Crippen MR) is 111 cm³/mol. The van der Waals surface area contributed by atoms with Gasteiger partial charge in [-0.05, 0) is 18.2 Å². The Labute approximate surface area is 185 Å². The summed E-state index contributed by atoms with van der Waals surface area (Å²) in [7, 11) is 1.66. The Morgan fingerprint density at radius 3 is 2.73 bits per heavy atom. The quantitative estimate of drug-likeness (QED) is 0.451. The number of aromatic nitrogens is 5. The van der Waals surface area contributed by atoms with Gasteiger partial charge in [-0.3, -0.25) is 14.0 Å². The van der Waals surface area contributed by atoms with Gasteiger partial charge in [0.05, 0.1) is 31.4 Å². The van der Waals surface area contributed by atoms with E-state index in [-0.39, 0.29) is 42.1 Å². The van der Waals surface area contributed by atoms with Gasteiger partial charge < -0.3 is 19.7 Å². The minimum absolute atomic E-state index is 0.146. The van der Waals surface area contributed by atoms with Gasteiger partial charge in [-0.15, -0.1) is 15.3 Å². The molecule has 6 rings (SSSR count). The summed E-state index contributed by atoms with van der Waals surface area (Å²) in [4.78, 5) is 13.4. The van der Waals surface area contributed by atoms with Gasteiger partial charge in [0, 0.05) is 29.8 Å². The van der Waals surface area contributed by atoms with Gasteiger partial charge in [0.15, 0.2) is 17.2 Å². The van der Waals surface area contributed by atoms with Crippen molar-refractivity contribution in [3.05, 3.63) is 47.5 Å². The first-order chi connectivity index (χ1) is 15.9. The van der Waals surface area contributed by atoms with E-state index in [0.29, 0.717) is 34.8 Å². The van der Waals surface area contributed by atoms with Crippen LogP contribution in [0.5, 0.6) is 17.4 Å². The Morgan fingerprint density at radius 1 is 1.21 bits per heavy atom. The highest BCUT2D eigenvalue weighted by molar-refractivity contribution is 5.90. The molecule has 1 atom stereocenters. The van der Waals surface area contributed by atoms with Crippen LogP contribution in [0.4, 0.5) is 15.0 Å². The summed E-state index contributed by atoms with van der Waals surface area (Å²) in [6, 6.07) is 5.93. The molecular formula is C21H17FN6O5. The highest BCUT2D eigenvalue weighted by Gasteiger charge is 2.35. The Hall–Kier alpha value is -4.35. The summed E-state index contributed by atoms with van der Waals surface area (Å²) in [5.41, 5.74) is 2.24. The zero-order valence-corrected chi connectivity index (χ0v) is 17.3. The Bertz CT molecular complexity index is 1450. The number of aryl methyl sites for hydroxylation is 1. The van der Waals surface area contributed by atoms with Crippen LogP contribution in [-0.2, 0) is 13.6 Å². The zero-order chi connectivity index (χ0) is 22.9. The first kappa shape index (κ1) is 19.3. The first-order valence-electron chi connectivity index (χ1n) is 10.1. The lowest BCUT2D eigenvalue weighted by atomic mass is 9.95. The van der Waals surface area contributed by atoms with Crippen molar-refractivity contribution >= 4 is 17.6 Å². The molecule has 4 aromatic rings. The van der Waals surface area contributed by atoms with E-state index in [2.05, 4.69) is 15.3 Å². The first-order valence-corrected chi connectivity index (χ1v) is 10.1. The fraction of sp³-hybridized carbons (Fsp3) is 0.238. The summed E-state index contributed by atoms with van der Waals surface area (Å²) >= 11 is 0. The molecule has 1 aromatic carbocycles. The number of aromatic hydroxyl groups is 1. The molecule has 0 aliphatic carbocycles. The van der Waals surface area contributed by atoms with Gasteiger partial charge in [0.25, 0.3) is 0 Å². The summed E-state index contributed by atoms with van der Waals surface area (Å²) in [5, 5.41) is 32.0. The van der Waals surface area contributed by atoms with E-state index in [1.54, 1.807) is 19.2 Å². The SMILES string of the molecule is Cn1nc(O)cc1-c1cc2c(n3cnnc13)N(C(=O)O)Cc1c(F)ccc3c1[C@@H](CO3)CO2. The van der Waals surface area contributed by atoms with E-state index < -0.39 is 11.9 Å². The minimum Gasteiger partial charge on any atom is -0.493 e. The number of halogens is 1. The monoisotopic (exact) mass is 452 g/mol. The van der Waals surface area contributed by atoms with E-state index in [1.807, 2.05) is 0 Å².